The van der Waals surface area contributed by atoms with Gasteiger partial charge in [0.2, 0.25) is 0 Å². The van der Waals surface area contributed by atoms with Crippen molar-refractivity contribution in [2.45, 2.75) is 25.7 Å². The molecule has 7 nitrogen and oxygen atoms in total. The van der Waals surface area contributed by atoms with E-state index in [1.165, 1.54) is 10.9 Å². The van der Waals surface area contributed by atoms with Gasteiger partial charge in [-0.2, -0.15) is 5.10 Å². The molecular weight excluding hydrogens is 374 g/mol. The van der Waals surface area contributed by atoms with Crippen LogP contribution in [-0.4, -0.2) is 37.4 Å². The number of phenols is 1. The number of aryl methyl sites for hydroxylation is 2. The number of hydrogen-bond donors (Lipinski definition) is 2. The molecule has 5 rings (SSSR count). The number of thiazole rings is 1. The third-order valence-corrected chi connectivity index (χ3v) is 6.67. The maximum absolute atomic E-state index is 12.8. The Bertz CT molecular complexity index is 1260. The van der Waals surface area contributed by atoms with Crippen LogP contribution in [0.4, 0.5) is 0 Å². The molecule has 0 spiro atoms. The predicted octanol–water partition coefficient (Wildman–Crippen LogP) is 2.79. The van der Waals surface area contributed by atoms with Gasteiger partial charge in [0, 0.05) is 46.9 Å². The van der Waals surface area contributed by atoms with E-state index >= 15 is 0 Å². The Morgan fingerprint density at radius 3 is 2.82 bits per heavy atom. The fourth-order valence-electron chi connectivity index (χ4n) is 3.99. The summed E-state index contributed by atoms with van der Waals surface area (Å²) in [6.07, 6.45) is 5.99. The van der Waals surface area contributed by atoms with Gasteiger partial charge in [-0.25, -0.2) is 4.98 Å². The van der Waals surface area contributed by atoms with Crippen LogP contribution < -0.4 is 10.9 Å². The summed E-state index contributed by atoms with van der Waals surface area (Å²) < 4.78 is 3.34. The number of phenolic OH excluding ortho intramolecular Hbond substituents is 1. The molecule has 0 bridgehead atoms. The minimum absolute atomic E-state index is 0.123. The molecule has 144 valence electrons. The highest BCUT2D eigenvalue weighted by molar-refractivity contribution is 7.17. The van der Waals surface area contributed by atoms with Gasteiger partial charge in [0.15, 0.2) is 4.96 Å². The van der Waals surface area contributed by atoms with E-state index in [4.69, 9.17) is 4.98 Å². The zero-order valence-electron chi connectivity index (χ0n) is 15.8. The van der Waals surface area contributed by atoms with Crippen LogP contribution in [-0.2, 0) is 7.05 Å². The lowest BCUT2D eigenvalue weighted by Gasteiger charge is -2.20. The number of fused-ring (bicyclic) bond motifs is 2. The minimum Gasteiger partial charge on any atom is -0.507 e. The zero-order chi connectivity index (χ0) is 19.4. The van der Waals surface area contributed by atoms with Crippen LogP contribution in [0.15, 0.2) is 29.3 Å². The molecule has 0 radical (unpaired) electrons. The molecule has 0 amide bonds. The second kappa shape index (κ2) is 6.42. The van der Waals surface area contributed by atoms with Crippen LogP contribution >= 0.6 is 11.3 Å². The Hall–Kier alpha value is -2.71. The van der Waals surface area contributed by atoms with Crippen molar-refractivity contribution in [1.29, 1.82) is 0 Å². The summed E-state index contributed by atoms with van der Waals surface area (Å²) in [4.78, 5) is 19.3. The van der Waals surface area contributed by atoms with Gasteiger partial charge in [-0.05, 0) is 44.8 Å². The lowest BCUT2D eigenvalue weighted by Crippen LogP contribution is -2.26. The van der Waals surface area contributed by atoms with Gasteiger partial charge >= 0.3 is 0 Å². The quantitative estimate of drug-likeness (QED) is 0.545. The van der Waals surface area contributed by atoms with Crippen LogP contribution in [0.2, 0.25) is 0 Å². The summed E-state index contributed by atoms with van der Waals surface area (Å²) in [5.74, 6) is 0.593. The summed E-state index contributed by atoms with van der Waals surface area (Å²) in [5, 5.41) is 19.4. The second-order valence-electron chi connectivity index (χ2n) is 7.43. The summed E-state index contributed by atoms with van der Waals surface area (Å²) in [6.45, 7) is 3.84. The molecule has 8 heteroatoms. The molecule has 4 aromatic rings. The smallest absolute Gasteiger partial charge is 0.259 e. The van der Waals surface area contributed by atoms with Crippen molar-refractivity contribution in [3.8, 4) is 17.0 Å². The van der Waals surface area contributed by atoms with E-state index in [0.29, 0.717) is 27.7 Å². The number of nitrogens with zero attached hydrogens (tertiary/aromatic N) is 4. The molecule has 1 saturated heterocycles. The molecule has 0 aliphatic carbocycles. The number of benzene rings is 1. The number of aromatic nitrogens is 4. The van der Waals surface area contributed by atoms with Gasteiger partial charge in [-0.1, -0.05) is 0 Å². The SMILES string of the molecule is Cc1c(O)c(-c2cc(=O)n3cc(C4CCNCC4)sc3n2)cc2cn(C)nc12. The third kappa shape index (κ3) is 2.71. The van der Waals surface area contributed by atoms with Gasteiger partial charge < -0.3 is 10.4 Å². The second-order valence-corrected chi connectivity index (χ2v) is 8.47. The molecule has 0 saturated carbocycles. The Morgan fingerprint density at radius 1 is 1.25 bits per heavy atom. The summed E-state index contributed by atoms with van der Waals surface area (Å²) in [7, 11) is 1.85. The van der Waals surface area contributed by atoms with Crippen molar-refractivity contribution < 1.29 is 5.11 Å². The summed E-state index contributed by atoms with van der Waals surface area (Å²) in [6, 6.07) is 3.35. The zero-order valence-corrected chi connectivity index (χ0v) is 16.6. The molecule has 3 aromatic heterocycles. The normalized spacial score (nSPS) is 15.6. The highest BCUT2D eigenvalue weighted by Crippen LogP contribution is 2.36. The first kappa shape index (κ1) is 17.4. The molecule has 1 aliphatic heterocycles. The molecule has 1 fully saturated rings. The van der Waals surface area contributed by atoms with Crippen LogP contribution in [0.5, 0.6) is 5.75 Å². The van der Waals surface area contributed by atoms with Gasteiger partial charge in [0.1, 0.15) is 5.75 Å². The van der Waals surface area contributed by atoms with E-state index in [-0.39, 0.29) is 11.3 Å². The van der Waals surface area contributed by atoms with Gasteiger partial charge in [-0.15, -0.1) is 11.3 Å². The average Bonchev–Trinajstić information content (AvgIpc) is 3.29. The third-order valence-electron chi connectivity index (χ3n) is 5.53. The van der Waals surface area contributed by atoms with Gasteiger partial charge in [-0.3, -0.25) is 13.9 Å². The number of piperidine rings is 1. The van der Waals surface area contributed by atoms with E-state index in [1.54, 1.807) is 20.4 Å². The molecule has 0 atom stereocenters. The average molecular weight is 395 g/mol. The molecule has 1 aromatic carbocycles. The first-order chi connectivity index (χ1) is 13.5. The lowest BCUT2D eigenvalue weighted by molar-refractivity contribution is 0.464. The number of rotatable bonds is 2. The molecule has 28 heavy (non-hydrogen) atoms. The minimum atomic E-state index is -0.125. The van der Waals surface area contributed by atoms with Crippen molar-refractivity contribution in [3.63, 3.8) is 0 Å². The Labute approximate surface area is 165 Å². The number of nitrogens with one attached hydrogen (secondary N) is 1. The molecule has 4 heterocycles. The van der Waals surface area contributed by atoms with E-state index in [2.05, 4.69) is 10.4 Å². The fourth-order valence-corrected chi connectivity index (χ4v) is 5.15. The highest BCUT2D eigenvalue weighted by atomic mass is 32.1. The molecule has 2 N–H and O–H groups in total. The van der Waals surface area contributed by atoms with Gasteiger partial charge in [0.25, 0.3) is 5.56 Å². The van der Waals surface area contributed by atoms with Crippen LogP contribution in [0.1, 0.15) is 29.2 Å². The summed E-state index contributed by atoms with van der Waals surface area (Å²) in [5.41, 5.74) is 2.38. The Kier molecular flexibility index (Phi) is 3.99. The van der Waals surface area contributed by atoms with Crippen molar-refractivity contribution in [2.75, 3.05) is 13.1 Å². The van der Waals surface area contributed by atoms with Gasteiger partial charge in [0.05, 0.1) is 11.2 Å². The number of hydrogen-bond acceptors (Lipinski definition) is 6. The van der Waals surface area contributed by atoms with E-state index in [0.717, 1.165) is 36.8 Å². The lowest BCUT2D eigenvalue weighted by atomic mass is 9.97. The molecular formula is C20H21N5O2S. The maximum Gasteiger partial charge on any atom is 0.259 e. The Morgan fingerprint density at radius 2 is 2.04 bits per heavy atom. The van der Waals surface area contributed by atoms with Crippen molar-refractivity contribution in [1.82, 2.24) is 24.5 Å². The molecule has 0 unspecified atom stereocenters. The van der Waals surface area contributed by atoms with Crippen molar-refractivity contribution in [2.24, 2.45) is 7.05 Å². The topological polar surface area (TPSA) is 84.5 Å². The van der Waals surface area contributed by atoms with Crippen LogP contribution in [0.25, 0.3) is 27.1 Å². The standard InChI is InChI=1S/C20H21N5O2S/c1-11-18-13(9-24(2)23-18)7-14(19(11)27)15-8-17(26)25-10-16(28-20(25)22-15)12-3-5-21-6-4-12/h7-10,12,21,27H,3-6H2,1-2H3. The largest absolute Gasteiger partial charge is 0.507 e. The van der Waals surface area contributed by atoms with Crippen molar-refractivity contribution >= 4 is 27.2 Å². The fraction of sp³-hybridized carbons (Fsp3) is 0.350. The monoisotopic (exact) mass is 395 g/mol. The number of aromatic hydroxyl groups is 1. The first-order valence-electron chi connectivity index (χ1n) is 9.41. The van der Waals surface area contributed by atoms with E-state index in [9.17, 15) is 9.90 Å². The maximum atomic E-state index is 12.8. The highest BCUT2D eigenvalue weighted by Gasteiger charge is 2.20. The summed E-state index contributed by atoms with van der Waals surface area (Å²) >= 11 is 1.57. The van der Waals surface area contributed by atoms with Crippen LogP contribution in [0.3, 0.4) is 0 Å². The van der Waals surface area contributed by atoms with Crippen LogP contribution in [0, 0.1) is 6.92 Å². The van der Waals surface area contributed by atoms with E-state index in [1.807, 2.05) is 32.4 Å². The first-order valence-corrected chi connectivity index (χ1v) is 10.2. The van der Waals surface area contributed by atoms with E-state index < -0.39 is 0 Å². The molecule has 1 aliphatic rings. The predicted molar refractivity (Wildman–Crippen MR) is 110 cm³/mol. The van der Waals surface area contributed by atoms with Crippen molar-refractivity contribution in [3.05, 3.63) is 45.3 Å². The Balaban J connectivity index is 1.66.